The zero-order valence-electron chi connectivity index (χ0n) is 20.2. The molecule has 0 spiro atoms. The highest BCUT2D eigenvalue weighted by molar-refractivity contribution is 6.32. The summed E-state index contributed by atoms with van der Waals surface area (Å²) < 4.78 is 5.50. The number of carbonyl (C=O) groups excluding carboxylic acids is 2. The summed E-state index contributed by atoms with van der Waals surface area (Å²) >= 11 is 6.33. The number of halogens is 1. The number of carboxylic acid groups (broad SMARTS) is 1. The number of nitrogens with one attached hydrogen (secondary N) is 2. The summed E-state index contributed by atoms with van der Waals surface area (Å²) in [4.78, 5) is 38.0. The minimum atomic E-state index is -1.17. The van der Waals surface area contributed by atoms with Crippen LogP contribution in [0.4, 0.5) is 0 Å². The molecule has 0 aliphatic carbocycles. The Bertz CT molecular complexity index is 1220. The van der Waals surface area contributed by atoms with Crippen molar-refractivity contribution in [1.29, 1.82) is 0 Å². The third-order valence-electron chi connectivity index (χ3n) is 5.55. The molecule has 0 radical (unpaired) electrons. The Hall–Kier alpha value is -4.10. The minimum absolute atomic E-state index is 0.0755. The van der Waals surface area contributed by atoms with Crippen molar-refractivity contribution in [3.05, 3.63) is 113 Å². The maximum Gasteiger partial charge on any atom is 0.326 e. The van der Waals surface area contributed by atoms with Gasteiger partial charge in [0.25, 0.3) is 0 Å². The van der Waals surface area contributed by atoms with E-state index >= 15 is 0 Å². The molecule has 0 unspecified atom stereocenters. The number of hydrogen-bond acceptors (Lipinski definition) is 4. The Morgan fingerprint density at radius 3 is 2.08 bits per heavy atom. The van der Waals surface area contributed by atoms with E-state index in [4.69, 9.17) is 16.3 Å². The zero-order valence-corrected chi connectivity index (χ0v) is 21.0. The number of carbonyl (C=O) groups is 3. The molecule has 3 aromatic carbocycles. The molecule has 0 fully saturated rings. The molecule has 37 heavy (non-hydrogen) atoms. The van der Waals surface area contributed by atoms with E-state index in [1.165, 1.54) is 0 Å². The van der Waals surface area contributed by atoms with Gasteiger partial charge >= 0.3 is 5.97 Å². The first-order valence-electron chi connectivity index (χ1n) is 11.8. The summed E-state index contributed by atoms with van der Waals surface area (Å²) in [5.74, 6) is -1.67. The molecule has 192 valence electrons. The zero-order chi connectivity index (χ0) is 26.6. The number of benzene rings is 3. The van der Waals surface area contributed by atoms with Crippen LogP contribution in [0.25, 0.3) is 0 Å². The summed E-state index contributed by atoms with van der Waals surface area (Å²) in [7, 11) is 0. The highest BCUT2D eigenvalue weighted by Crippen LogP contribution is 2.26. The lowest BCUT2D eigenvalue weighted by molar-refractivity contribution is -0.142. The molecule has 0 aliphatic heterocycles. The van der Waals surface area contributed by atoms with Crippen molar-refractivity contribution in [2.45, 2.75) is 31.3 Å². The van der Waals surface area contributed by atoms with Gasteiger partial charge in [-0.25, -0.2) is 4.79 Å². The Morgan fingerprint density at radius 1 is 0.865 bits per heavy atom. The van der Waals surface area contributed by atoms with Crippen molar-refractivity contribution in [3.63, 3.8) is 0 Å². The lowest BCUT2D eigenvalue weighted by Crippen LogP contribution is -2.53. The fourth-order valence-corrected chi connectivity index (χ4v) is 3.99. The van der Waals surface area contributed by atoms with E-state index in [0.717, 1.165) is 11.1 Å². The van der Waals surface area contributed by atoms with Gasteiger partial charge in [0.05, 0.1) is 11.4 Å². The predicted octanol–water partition coefficient (Wildman–Crippen LogP) is 3.99. The van der Waals surface area contributed by atoms with E-state index < -0.39 is 24.0 Å². The van der Waals surface area contributed by atoms with Gasteiger partial charge in [-0.3, -0.25) is 9.59 Å². The van der Waals surface area contributed by atoms with Gasteiger partial charge in [-0.2, -0.15) is 0 Å². The van der Waals surface area contributed by atoms with Crippen LogP contribution in [0.1, 0.15) is 16.7 Å². The largest absolute Gasteiger partial charge is 0.488 e. The second-order valence-electron chi connectivity index (χ2n) is 8.44. The SMILES string of the molecule is C=CCOc1ccc(C[C@H](NC(=O)Cc2ccccc2)C(=O)N[C@@H](Cc2ccccc2)C(=O)O)cc1Cl. The molecular weight excluding hydrogens is 492 g/mol. The summed E-state index contributed by atoms with van der Waals surface area (Å²) in [5.41, 5.74) is 2.23. The number of ether oxygens (including phenoxy) is 1. The van der Waals surface area contributed by atoms with Crippen molar-refractivity contribution in [2.75, 3.05) is 6.61 Å². The molecule has 2 atom stereocenters. The van der Waals surface area contributed by atoms with Crippen LogP contribution in [0.2, 0.25) is 5.02 Å². The van der Waals surface area contributed by atoms with Crippen LogP contribution >= 0.6 is 11.6 Å². The van der Waals surface area contributed by atoms with Gasteiger partial charge in [0.2, 0.25) is 11.8 Å². The van der Waals surface area contributed by atoms with Crippen molar-refractivity contribution < 1.29 is 24.2 Å². The second-order valence-corrected chi connectivity index (χ2v) is 8.85. The fourth-order valence-electron chi connectivity index (χ4n) is 3.73. The van der Waals surface area contributed by atoms with Crippen LogP contribution in [-0.4, -0.2) is 41.6 Å². The van der Waals surface area contributed by atoms with Crippen LogP contribution in [0.15, 0.2) is 91.5 Å². The van der Waals surface area contributed by atoms with Crippen LogP contribution in [0.5, 0.6) is 5.75 Å². The van der Waals surface area contributed by atoms with Crippen LogP contribution in [0, 0.1) is 0 Å². The van der Waals surface area contributed by atoms with E-state index in [9.17, 15) is 19.5 Å². The summed E-state index contributed by atoms with van der Waals surface area (Å²) in [5, 5.41) is 15.4. The van der Waals surface area contributed by atoms with Crippen molar-refractivity contribution >= 4 is 29.4 Å². The molecule has 3 rings (SSSR count). The average Bonchev–Trinajstić information content (AvgIpc) is 2.88. The molecule has 0 bridgehead atoms. The minimum Gasteiger partial charge on any atom is -0.488 e. The molecule has 3 N–H and O–H groups in total. The van der Waals surface area contributed by atoms with Gasteiger partial charge in [-0.15, -0.1) is 0 Å². The summed E-state index contributed by atoms with van der Waals surface area (Å²) in [6.45, 7) is 3.90. The van der Waals surface area contributed by atoms with E-state index in [-0.39, 0.29) is 31.8 Å². The molecule has 0 heterocycles. The third kappa shape index (κ3) is 8.81. The third-order valence-corrected chi connectivity index (χ3v) is 5.84. The first kappa shape index (κ1) is 27.5. The number of rotatable bonds is 13. The summed E-state index contributed by atoms with van der Waals surface area (Å²) in [6, 6.07) is 21.0. The molecular formula is C29H29ClN2O5. The topological polar surface area (TPSA) is 105 Å². The molecule has 0 saturated heterocycles. The van der Waals surface area contributed by atoms with Gasteiger partial charge < -0.3 is 20.5 Å². The Labute approximate surface area is 221 Å². The predicted molar refractivity (Wildman–Crippen MR) is 143 cm³/mol. The fraction of sp³-hybridized carbons (Fsp3) is 0.207. The quantitative estimate of drug-likeness (QED) is 0.296. The Kier molecular flexibility index (Phi) is 10.3. The average molecular weight is 521 g/mol. The second kappa shape index (κ2) is 13.8. The van der Waals surface area contributed by atoms with E-state index in [2.05, 4.69) is 17.2 Å². The van der Waals surface area contributed by atoms with Gasteiger partial charge in [0, 0.05) is 12.8 Å². The number of amides is 2. The van der Waals surface area contributed by atoms with Crippen LogP contribution in [0.3, 0.4) is 0 Å². The number of aliphatic carboxylic acids is 1. The highest BCUT2D eigenvalue weighted by atomic mass is 35.5. The maximum absolute atomic E-state index is 13.3. The first-order valence-corrected chi connectivity index (χ1v) is 12.2. The van der Waals surface area contributed by atoms with Crippen molar-refractivity contribution in [3.8, 4) is 5.75 Å². The molecule has 8 heteroatoms. The highest BCUT2D eigenvalue weighted by Gasteiger charge is 2.27. The standard InChI is InChI=1S/C29H29ClN2O5/c1-2-15-37-26-14-13-22(16-23(26)30)18-24(31-27(33)19-21-11-7-4-8-12-21)28(34)32-25(29(35)36)17-20-9-5-3-6-10-20/h2-14,16,24-25H,1,15,17-19H2,(H,31,33)(H,32,34)(H,35,36)/t24-,25-/m0/s1. The van der Waals surface area contributed by atoms with Crippen LogP contribution in [-0.2, 0) is 33.6 Å². The van der Waals surface area contributed by atoms with Crippen molar-refractivity contribution in [1.82, 2.24) is 10.6 Å². The first-order chi connectivity index (χ1) is 17.9. The monoisotopic (exact) mass is 520 g/mol. The van der Waals surface area contributed by atoms with Gasteiger partial charge in [-0.1, -0.05) is 91.0 Å². The molecule has 7 nitrogen and oxygen atoms in total. The number of hydrogen-bond donors (Lipinski definition) is 3. The van der Waals surface area contributed by atoms with Gasteiger partial charge in [0.1, 0.15) is 24.4 Å². The van der Waals surface area contributed by atoms with Gasteiger partial charge in [0.15, 0.2) is 0 Å². The van der Waals surface area contributed by atoms with E-state index in [1.54, 1.807) is 48.5 Å². The van der Waals surface area contributed by atoms with E-state index in [1.807, 2.05) is 36.4 Å². The molecule has 0 saturated carbocycles. The lowest BCUT2D eigenvalue weighted by Gasteiger charge is -2.22. The van der Waals surface area contributed by atoms with E-state index in [0.29, 0.717) is 16.3 Å². The smallest absolute Gasteiger partial charge is 0.326 e. The molecule has 2 amide bonds. The molecule has 0 aliphatic rings. The Balaban J connectivity index is 1.78. The lowest BCUT2D eigenvalue weighted by atomic mass is 10.0. The normalized spacial score (nSPS) is 12.1. The molecule has 0 aromatic heterocycles. The number of carboxylic acids is 1. The van der Waals surface area contributed by atoms with Crippen LogP contribution < -0.4 is 15.4 Å². The van der Waals surface area contributed by atoms with Gasteiger partial charge in [-0.05, 0) is 28.8 Å². The molecule has 3 aromatic rings. The maximum atomic E-state index is 13.3. The summed E-state index contributed by atoms with van der Waals surface area (Å²) in [6.07, 6.45) is 1.88. The Morgan fingerprint density at radius 2 is 1.49 bits per heavy atom. The van der Waals surface area contributed by atoms with Crippen molar-refractivity contribution in [2.24, 2.45) is 0 Å².